The molecule has 0 aliphatic heterocycles. The number of nitrogens with one attached hydrogen (secondary N) is 1. The van der Waals surface area contributed by atoms with E-state index in [0.717, 1.165) is 23.9 Å². The van der Waals surface area contributed by atoms with Gasteiger partial charge in [0, 0.05) is 12.6 Å². The van der Waals surface area contributed by atoms with Crippen LogP contribution in [0.15, 0.2) is 24.3 Å². The fraction of sp³-hybridized carbons (Fsp3) is 0.588. The second-order valence-electron chi connectivity index (χ2n) is 6.27. The molecule has 3 unspecified atom stereocenters. The third kappa shape index (κ3) is 4.34. The monoisotopic (exact) mass is 275 g/mol. The van der Waals surface area contributed by atoms with Gasteiger partial charge in [-0.15, -0.1) is 0 Å². The second-order valence-corrected chi connectivity index (χ2v) is 6.27. The van der Waals surface area contributed by atoms with Crippen LogP contribution < -0.4 is 5.32 Å². The van der Waals surface area contributed by atoms with Gasteiger partial charge in [-0.1, -0.05) is 38.1 Å². The summed E-state index contributed by atoms with van der Waals surface area (Å²) >= 11 is 0. The smallest absolute Gasteiger partial charge is 0.307 e. The third-order valence-electron chi connectivity index (χ3n) is 4.38. The Kier molecular flexibility index (Phi) is 5.18. The molecule has 2 N–H and O–H groups in total. The number of hydrogen-bond acceptors (Lipinski definition) is 2. The van der Waals surface area contributed by atoms with Gasteiger partial charge in [0.1, 0.15) is 0 Å². The molecule has 1 saturated carbocycles. The van der Waals surface area contributed by atoms with Crippen LogP contribution in [0.4, 0.5) is 0 Å². The van der Waals surface area contributed by atoms with E-state index in [-0.39, 0.29) is 6.42 Å². The zero-order chi connectivity index (χ0) is 14.5. The minimum absolute atomic E-state index is 0.102. The fourth-order valence-corrected chi connectivity index (χ4v) is 3.17. The van der Waals surface area contributed by atoms with Crippen molar-refractivity contribution >= 4 is 5.97 Å². The van der Waals surface area contributed by atoms with Crippen molar-refractivity contribution in [1.82, 2.24) is 5.32 Å². The molecule has 0 bridgehead atoms. The van der Waals surface area contributed by atoms with Crippen LogP contribution in [0.1, 0.15) is 44.2 Å². The normalized spacial score (nSPS) is 26.4. The molecule has 1 aromatic rings. The fourth-order valence-electron chi connectivity index (χ4n) is 3.17. The van der Waals surface area contributed by atoms with Crippen LogP contribution >= 0.6 is 0 Å². The molecule has 110 valence electrons. The van der Waals surface area contributed by atoms with E-state index in [1.165, 1.54) is 24.8 Å². The molecule has 2 rings (SSSR count). The Hall–Kier alpha value is -1.35. The molecule has 0 heterocycles. The maximum atomic E-state index is 10.6. The molecule has 1 fully saturated rings. The van der Waals surface area contributed by atoms with Crippen molar-refractivity contribution in [3.63, 3.8) is 0 Å². The van der Waals surface area contributed by atoms with Crippen LogP contribution in [0, 0.1) is 11.8 Å². The molecule has 20 heavy (non-hydrogen) atoms. The summed E-state index contributed by atoms with van der Waals surface area (Å²) in [6.45, 7) is 5.55. The molecular weight excluding hydrogens is 250 g/mol. The molecule has 1 aliphatic rings. The Balaban J connectivity index is 1.83. The summed E-state index contributed by atoms with van der Waals surface area (Å²) < 4.78 is 0. The summed E-state index contributed by atoms with van der Waals surface area (Å²) in [5, 5.41) is 12.4. The first-order chi connectivity index (χ1) is 9.54. The first-order valence-corrected chi connectivity index (χ1v) is 7.57. The van der Waals surface area contributed by atoms with E-state index in [4.69, 9.17) is 5.11 Å². The van der Waals surface area contributed by atoms with Gasteiger partial charge in [-0.05, 0) is 42.2 Å². The molecule has 0 amide bonds. The highest BCUT2D eigenvalue weighted by Gasteiger charge is 2.24. The average molecular weight is 275 g/mol. The van der Waals surface area contributed by atoms with Crippen LogP contribution in [-0.2, 0) is 17.8 Å². The topological polar surface area (TPSA) is 49.3 Å². The average Bonchev–Trinajstić information content (AvgIpc) is 2.39. The van der Waals surface area contributed by atoms with Crippen molar-refractivity contribution in [1.29, 1.82) is 0 Å². The first kappa shape index (κ1) is 15.0. The Bertz CT molecular complexity index is 441. The lowest BCUT2D eigenvalue weighted by Crippen LogP contribution is -2.38. The van der Waals surface area contributed by atoms with E-state index in [1.54, 1.807) is 0 Å². The molecule has 0 radical (unpaired) electrons. The SMILES string of the molecule is CC1CCC(NCc2ccc(CC(=O)O)cc2)C(C)C1. The summed E-state index contributed by atoms with van der Waals surface area (Å²) in [6.07, 6.45) is 4.00. The predicted octanol–water partition coefficient (Wildman–Crippen LogP) is 3.23. The quantitative estimate of drug-likeness (QED) is 0.867. The lowest BCUT2D eigenvalue weighted by Gasteiger charge is -2.33. The number of rotatable bonds is 5. The van der Waals surface area contributed by atoms with E-state index >= 15 is 0 Å². The van der Waals surface area contributed by atoms with Gasteiger partial charge in [0.25, 0.3) is 0 Å². The number of hydrogen-bond donors (Lipinski definition) is 2. The highest BCUT2D eigenvalue weighted by Crippen LogP contribution is 2.28. The summed E-state index contributed by atoms with van der Waals surface area (Å²) in [6, 6.07) is 8.50. The molecule has 3 heteroatoms. The molecular formula is C17H25NO2. The standard InChI is InChI=1S/C17H25NO2/c1-12-3-8-16(13(2)9-12)18-11-15-6-4-14(5-7-15)10-17(19)20/h4-7,12-13,16,18H,3,8-11H2,1-2H3,(H,19,20). The third-order valence-corrected chi connectivity index (χ3v) is 4.38. The highest BCUT2D eigenvalue weighted by molar-refractivity contribution is 5.70. The number of carbonyl (C=O) groups is 1. The summed E-state index contributed by atoms with van der Waals surface area (Å²) in [4.78, 5) is 10.6. The maximum Gasteiger partial charge on any atom is 0.307 e. The molecule has 3 nitrogen and oxygen atoms in total. The van der Waals surface area contributed by atoms with Gasteiger partial charge < -0.3 is 10.4 Å². The summed E-state index contributed by atoms with van der Waals surface area (Å²) in [7, 11) is 0. The van der Waals surface area contributed by atoms with E-state index < -0.39 is 5.97 Å². The number of carboxylic acid groups (broad SMARTS) is 1. The zero-order valence-electron chi connectivity index (χ0n) is 12.4. The minimum Gasteiger partial charge on any atom is -0.481 e. The van der Waals surface area contributed by atoms with Crippen molar-refractivity contribution in [2.75, 3.05) is 0 Å². The van der Waals surface area contributed by atoms with Gasteiger partial charge >= 0.3 is 5.97 Å². The Morgan fingerprint density at radius 3 is 2.45 bits per heavy atom. The van der Waals surface area contributed by atoms with Crippen molar-refractivity contribution < 1.29 is 9.90 Å². The highest BCUT2D eigenvalue weighted by atomic mass is 16.4. The van der Waals surface area contributed by atoms with E-state index in [1.807, 2.05) is 24.3 Å². The number of aliphatic carboxylic acids is 1. The van der Waals surface area contributed by atoms with Gasteiger partial charge in [0.15, 0.2) is 0 Å². The van der Waals surface area contributed by atoms with Gasteiger partial charge in [0.05, 0.1) is 6.42 Å². The second kappa shape index (κ2) is 6.89. The van der Waals surface area contributed by atoms with E-state index in [2.05, 4.69) is 19.2 Å². The Morgan fingerprint density at radius 1 is 1.20 bits per heavy atom. The predicted molar refractivity (Wildman–Crippen MR) is 80.6 cm³/mol. The van der Waals surface area contributed by atoms with Gasteiger partial charge in [0.2, 0.25) is 0 Å². The van der Waals surface area contributed by atoms with Crippen LogP contribution in [0.3, 0.4) is 0 Å². The lowest BCUT2D eigenvalue weighted by molar-refractivity contribution is -0.136. The van der Waals surface area contributed by atoms with Gasteiger partial charge in [-0.2, -0.15) is 0 Å². The van der Waals surface area contributed by atoms with Crippen molar-refractivity contribution in [2.45, 2.75) is 52.1 Å². The van der Waals surface area contributed by atoms with Crippen LogP contribution in [0.25, 0.3) is 0 Å². The van der Waals surface area contributed by atoms with E-state index in [9.17, 15) is 4.79 Å². The molecule has 0 saturated heterocycles. The number of carboxylic acids is 1. The first-order valence-electron chi connectivity index (χ1n) is 7.57. The zero-order valence-corrected chi connectivity index (χ0v) is 12.4. The van der Waals surface area contributed by atoms with Crippen LogP contribution in [-0.4, -0.2) is 17.1 Å². The van der Waals surface area contributed by atoms with Crippen LogP contribution in [0.2, 0.25) is 0 Å². The molecule has 1 aromatic carbocycles. The molecule has 0 spiro atoms. The van der Waals surface area contributed by atoms with E-state index in [0.29, 0.717) is 6.04 Å². The van der Waals surface area contributed by atoms with Gasteiger partial charge in [-0.25, -0.2) is 0 Å². The molecule has 0 aromatic heterocycles. The Labute approximate surface area is 121 Å². The number of benzene rings is 1. The minimum atomic E-state index is -0.777. The summed E-state index contributed by atoms with van der Waals surface area (Å²) in [5.41, 5.74) is 2.09. The van der Waals surface area contributed by atoms with Crippen molar-refractivity contribution in [3.8, 4) is 0 Å². The molecule has 1 aliphatic carbocycles. The summed E-state index contributed by atoms with van der Waals surface area (Å²) in [5.74, 6) is 0.824. The van der Waals surface area contributed by atoms with Gasteiger partial charge in [-0.3, -0.25) is 4.79 Å². The largest absolute Gasteiger partial charge is 0.481 e. The maximum absolute atomic E-state index is 10.6. The van der Waals surface area contributed by atoms with Crippen molar-refractivity contribution in [2.24, 2.45) is 11.8 Å². The van der Waals surface area contributed by atoms with Crippen LogP contribution in [0.5, 0.6) is 0 Å². The molecule has 3 atom stereocenters. The Morgan fingerprint density at radius 2 is 1.85 bits per heavy atom. The lowest BCUT2D eigenvalue weighted by atomic mass is 9.80. The van der Waals surface area contributed by atoms with Crippen molar-refractivity contribution in [3.05, 3.63) is 35.4 Å².